The van der Waals surface area contributed by atoms with Gasteiger partial charge in [-0.1, -0.05) is 6.92 Å². The van der Waals surface area contributed by atoms with Crippen LogP contribution in [0.1, 0.15) is 27.0 Å². The summed E-state index contributed by atoms with van der Waals surface area (Å²) in [4.78, 5) is 23.5. The third-order valence-electron chi connectivity index (χ3n) is 1.97. The minimum atomic E-state index is -1.03. The van der Waals surface area contributed by atoms with E-state index in [2.05, 4.69) is 5.32 Å². The average molecular weight is 227 g/mol. The average Bonchev–Trinajstić information content (AvgIpc) is 2.56. The lowest BCUT2D eigenvalue weighted by molar-refractivity contribution is -0.135. The van der Waals surface area contributed by atoms with Crippen molar-refractivity contribution in [3.05, 3.63) is 21.4 Å². The molecule has 1 rings (SSSR count). The number of rotatable bonds is 4. The molecule has 0 atom stereocenters. The maximum absolute atomic E-state index is 11.5. The van der Waals surface area contributed by atoms with Gasteiger partial charge >= 0.3 is 5.97 Å². The van der Waals surface area contributed by atoms with Gasteiger partial charge in [0, 0.05) is 4.88 Å². The SMILES string of the molecule is CCc1sc(C(=O)NCC(=O)O)cc1C. The molecular weight excluding hydrogens is 214 g/mol. The van der Waals surface area contributed by atoms with E-state index in [1.54, 1.807) is 6.07 Å². The maximum atomic E-state index is 11.5. The third kappa shape index (κ3) is 3.06. The van der Waals surface area contributed by atoms with Gasteiger partial charge in [-0.2, -0.15) is 0 Å². The van der Waals surface area contributed by atoms with E-state index >= 15 is 0 Å². The fourth-order valence-electron chi connectivity index (χ4n) is 1.23. The number of aliphatic carboxylic acids is 1. The molecule has 0 radical (unpaired) electrons. The largest absolute Gasteiger partial charge is 0.480 e. The second kappa shape index (κ2) is 4.93. The van der Waals surface area contributed by atoms with Crippen LogP contribution in [0.25, 0.3) is 0 Å². The molecule has 0 aliphatic heterocycles. The van der Waals surface area contributed by atoms with Crippen LogP contribution in [0.3, 0.4) is 0 Å². The number of carboxylic acid groups (broad SMARTS) is 1. The van der Waals surface area contributed by atoms with Gasteiger partial charge in [-0.15, -0.1) is 11.3 Å². The van der Waals surface area contributed by atoms with Crippen molar-refractivity contribution in [2.24, 2.45) is 0 Å². The van der Waals surface area contributed by atoms with E-state index in [0.29, 0.717) is 4.88 Å². The van der Waals surface area contributed by atoms with Crippen molar-refractivity contribution in [2.75, 3.05) is 6.54 Å². The zero-order chi connectivity index (χ0) is 11.4. The molecule has 0 saturated carbocycles. The van der Waals surface area contributed by atoms with E-state index < -0.39 is 5.97 Å². The summed E-state index contributed by atoms with van der Waals surface area (Å²) in [6, 6.07) is 1.79. The molecular formula is C10H13NO3S. The molecule has 0 aromatic carbocycles. The van der Waals surface area contributed by atoms with Gasteiger partial charge in [0.2, 0.25) is 0 Å². The first-order chi connectivity index (χ1) is 7.04. The van der Waals surface area contributed by atoms with Gasteiger partial charge in [-0.25, -0.2) is 0 Å². The summed E-state index contributed by atoms with van der Waals surface area (Å²) in [6.07, 6.45) is 0.892. The van der Waals surface area contributed by atoms with E-state index in [0.717, 1.165) is 16.9 Å². The van der Waals surface area contributed by atoms with E-state index in [1.807, 2.05) is 13.8 Å². The summed E-state index contributed by atoms with van der Waals surface area (Å²) in [5.41, 5.74) is 1.09. The van der Waals surface area contributed by atoms with Crippen molar-refractivity contribution in [1.82, 2.24) is 5.32 Å². The summed E-state index contributed by atoms with van der Waals surface area (Å²) in [5, 5.41) is 10.7. The van der Waals surface area contributed by atoms with Crippen LogP contribution in [0, 0.1) is 6.92 Å². The normalized spacial score (nSPS) is 10.0. The Labute approximate surface area is 91.9 Å². The standard InChI is InChI=1S/C10H13NO3S/c1-3-7-6(2)4-8(15-7)10(14)11-5-9(12)13/h4H,3,5H2,1-2H3,(H,11,14)(H,12,13). The molecule has 0 fully saturated rings. The van der Waals surface area contributed by atoms with E-state index in [-0.39, 0.29) is 12.5 Å². The first kappa shape index (κ1) is 11.7. The van der Waals surface area contributed by atoms with Gasteiger partial charge in [0.05, 0.1) is 4.88 Å². The van der Waals surface area contributed by atoms with Crippen molar-refractivity contribution in [3.8, 4) is 0 Å². The maximum Gasteiger partial charge on any atom is 0.322 e. The van der Waals surface area contributed by atoms with E-state index in [9.17, 15) is 9.59 Å². The molecule has 82 valence electrons. The molecule has 5 heteroatoms. The first-order valence-electron chi connectivity index (χ1n) is 4.64. The predicted octanol–water partition coefficient (Wildman–Crippen LogP) is 1.43. The van der Waals surface area contributed by atoms with Crippen LogP contribution in [0.4, 0.5) is 0 Å². The van der Waals surface area contributed by atoms with Crippen molar-refractivity contribution in [3.63, 3.8) is 0 Å². The Morgan fingerprint density at radius 3 is 2.67 bits per heavy atom. The second-order valence-electron chi connectivity index (χ2n) is 3.15. The summed E-state index contributed by atoms with van der Waals surface area (Å²) < 4.78 is 0. The molecule has 1 heterocycles. The van der Waals surface area contributed by atoms with Crippen molar-refractivity contribution in [2.45, 2.75) is 20.3 Å². The molecule has 4 nitrogen and oxygen atoms in total. The first-order valence-corrected chi connectivity index (χ1v) is 5.45. The quantitative estimate of drug-likeness (QED) is 0.817. The fraction of sp³-hybridized carbons (Fsp3) is 0.400. The number of hydrogen-bond donors (Lipinski definition) is 2. The lowest BCUT2D eigenvalue weighted by Gasteiger charge is -1.97. The Bertz CT molecular complexity index is 384. The molecule has 0 bridgehead atoms. The molecule has 1 aromatic heterocycles. The zero-order valence-corrected chi connectivity index (χ0v) is 9.48. The van der Waals surface area contributed by atoms with Gasteiger partial charge < -0.3 is 10.4 Å². The Hall–Kier alpha value is -1.36. The number of hydrogen-bond acceptors (Lipinski definition) is 3. The Balaban J connectivity index is 2.69. The minimum Gasteiger partial charge on any atom is -0.480 e. The monoisotopic (exact) mass is 227 g/mol. The van der Waals surface area contributed by atoms with Crippen LogP contribution >= 0.6 is 11.3 Å². The van der Waals surface area contributed by atoms with Crippen LogP contribution < -0.4 is 5.32 Å². The summed E-state index contributed by atoms with van der Waals surface area (Å²) in [6.45, 7) is 3.64. The summed E-state index contributed by atoms with van der Waals surface area (Å²) in [5.74, 6) is -1.35. The van der Waals surface area contributed by atoms with Crippen LogP contribution in [-0.2, 0) is 11.2 Å². The Kier molecular flexibility index (Phi) is 3.85. The number of nitrogens with one attached hydrogen (secondary N) is 1. The lowest BCUT2D eigenvalue weighted by atomic mass is 10.2. The zero-order valence-electron chi connectivity index (χ0n) is 8.66. The smallest absolute Gasteiger partial charge is 0.322 e. The highest BCUT2D eigenvalue weighted by molar-refractivity contribution is 7.14. The lowest BCUT2D eigenvalue weighted by Crippen LogP contribution is -2.28. The predicted molar refractivity (Wildman–Crippen MR) is 58.4 cm³/mol. The summed E-state index contributed by atoms with van der Waals surface area (Å²) >= 11 is 1.41. The topological polar surface area (TPSA) is 66.4 Å². The number of aryl methyl sites for hydroxylation is 2. The number of carbonyl (C=O) groups is 2. The van der Waals surface area contributed by atoms with Gasteiger partial charge in [-0.05, 0) is 25.0 Å². The molecule has 1 amide bonds. The Morgan fingerprint density at radius 2 is 2.20 bits per heavy atom. The summed E-state index contributed by atoms with van der Waals surface area (Å²) in [7, 11) is 0. The van der Waals surface area contributed by atoms with Crippen LogP contribution in [0.5, 0.6) is 0 Å². The highest BCUT2D eigenvalue weighted by atomic mass is 32.1. The number of carboxylic acids is 1. The van der Waals surface area contributed by atoms with E-state index in [4.69, 9.17) is 5.11 Å². The van der Waals surface area contributed by atoms with Crippen LogP contribution in [-0.4, -0.2) is 23.5 Å². The molecule has 0 saturated heterocycles. The van der Waals surface area contributed by atoms with Crippen molar-refractivity contribution < 1.29 is 14.7 Å². The molecule has 0 spiro atoms. The third-order valence-corrected chi connectivity index (χ3v) is 3.35. The van der Waals surface area contributed by atoms with Gasteiger partial charge in [0.15, 0.2) is 0 Å². The molecule has 0 aliphatic carbocycles. The minimum absolute atomic E-state index is 0.315. The highest BCUT2D eigenvalue weighted by Crippen LogP contribution is 2.21. The molecule has 0 aliphatic rings. The van der Waals surface area contributed by atoms with Gasteiger partial charge in [-0.3, -0.25) is 9.59 Å². The van der Waals surface area contributed by atoms with Crippen LogP contribution in [0.2, 0.25) is 0 Å². The van der Waals surface area contributed by atoms with Crippen molar-refractivity contribution >= 4 is 23.2 Å². The van der Waals surface area contributed by atoms with E-state index in [1.165, 1.54) is 11.3 Å². The highest BCUT2D eigenvalue weighted by Gasteiger charge is 2.11. The van der Waals surface area contributed by atoms with Gasteiger partial charge in [0.1, 0.15) is 6.54 Å². The number of amides is 1. The number of carbonyl (C=O) groups excluding carboxylic acids is 1. The molecule has 1 aromatic rings. The van der Waals surface area contributed by atoms with Crippen LogP contribution in [0.15, 0.2) is 6.07 Å². The Morgan fingerprint density at radius 1 is 1.53 bits per heavy atom. The molecule has 15 heavy (non-hydrogen) atoms. The second-order valence-corrected chi connectivity index (χ2v) is 4.28. The van der Waals surface area contributed by atoms with Crippen molar-refractivity contribution in [1.29, 1.82) is 0 Å². The fourth-order valence-corrected chi connectivity index (χ4v) is 2.26. The molecule has 0 unspecified atom stereocenters. The molecule has 2 N–H and O–H groups in total. The number of thiophene rings is 1. The van der Waals surface area contributed by atoms with Gasteiger partial charge in [0.25, 0.3) is 5.91 Å².